The van der Waals surface area contributed by atoms with Crippen molar-refractivity contribution >= 4 is 29.3 Å². The molecule has 0 spiro atoms. The number of likely N-dealkylation sites (tertiary alicyclic amines) is 1. The van der Waals surface area contributed by atoms with Gasteiger partial charge in [0.1, 0.15) is 0 Å². The van der Waals surface area contributed by atoms with E-state index in [2.05, 4.69) is 15.4 Å². The molecule has 1 fully saturated rings. The second-order valence-corrected chi connectivity index (χ2v) is 10.1. The third kappa shape index (κ3) is 7.87. The minimum atomic E-state index is -4.31. The smallest absolute Gasteiger partial charge is 0.411 e. The maximum Gasteiger partial charge on any atom is 0.411 e. The molecule has 1 atom stereocenters. The van der Waals surface area contributed by atoms with Gasteiger partial charge in [-0.25, -0.2) is 4.79 Å². The van der Waals surface area contributed by atoms with E-state index in [0.717, 1.165) is 25.3 Å². The summed E-state index contributed by atoms with van der Waals surface area (Å²) in [5.41, 5.74) is 3.52. The summed E-state index contributed by atoms with van der Waals surface area (Å²) >= 11 is 0. The molecule has 10 heteroatoms. The molecule has 1 heterocycles. The number of carbonyl (C=O) groups is 3. The molecule has 0 radical (unpaired) electrons. The maximum atomic E-state index is 13.0. The van der Waals surface area contributed by atoms with Gasteiger partial charge >= 0.3 is 12.3 Å². The lowest BCUT2D eigenvalue weighted by Gasteiger charge is -2.32. The maximum absolute atomic E-state index is 13.0. The molecule has 0 aliphatic carbocycles. The molecule has 3 aromatic rings. The number of amides is 3. The van der Waals surface area contributed by atoms with Crippen LogP contribution in [0.3, 0.4) is 0 Å². The van der Waals surface area contributed by atoms with Gasteiger partial charge in [0.25, 0.3) is 5.91 Å². The van der Waals surface area contributed by atoms with Gasteiger partial charge in [0.15, 0.2) is 0 Å². The number of benzene rings is 3. The molecule has 0 saturated carbocycles. The Morgan fingerprint density at radius 2 is 1.59 bits per heavy atom. The standard InChI is InChI=1S/C31H32F3N3O4/c1-20(31(32,33)34)22-8-6-21(7-9-22)18-28(38)35-26-12-10-23(11-13-26)24-14-16-37(17-15-24)29(39)25-4-3-5-27(19-25)36-30(40)41-2/h3-13,19-20,24H,14-18H2,1-2H3,(H,35,38)(H,36,40). The van der Waals surface area contributed by atoms with E-state index in [-0.39, 0.29) is 29.7 Å². The van der Waals surface area contributed by atoms with Crippen LogP contribution < -0.4 is 10.6 Å². The Labute approximate surface area is 236 Å². The van der Waals surface area contributed by atoms with Gasteiger partial charge in [-0.1, -0.05) is 42.5 Å². The number of hydrogen-bond acceptors (Lipinski definition) is 4. The first-order valence-electron chi connectivity index (χ1n) is 13.3. The average Bonchev–Trinajstić information content (AvgIpc) is 2.97. The molecule has 4 rings (SSSR count). The van der Waals surface area contributed by atoms with Crippen molar-refractivity contribution in [1.82, 2.24) is 4.90 Å². The summed E-state index contributed by atoms with van der Waals surface area (Å²) in [5.74, 6) is -1.65. The van der Waals surface area contributed by atoms with Crippen molar-refractivity contribution in [2.24, 2.45) is 0 Å². The number of rotatable bonds is 7. The first kappa shape index (κ1) is 29.6. The second kappa shape index (κ2) is 12.9. The summed E-state index contributed by atoms with van der Waals surface area (Å²) in [6, 6.07) is 20.3. The first-order valence-corrected chi connectivity index (χ1v) is 13.3. The molecule has 1 unspecified atom stereocenters. The van der Waals surface area contributed by atoms with Gasteiger partial charge in [0.05, 0.1) is 19.4 Å². The SMILES string of the molecule is COC(=O)Nc1cccc(C(=O)N2CCC(c3ccc(NC(=O)Cc4ccc(C(C)C(F)(F)F)cc4)cc3)CC2)c1. The summed E-state index contributed by atoms with van der Waals surface area (Å²) in [4.78, 5) is 38.8. The van der Waals surface area contributed by atoms with Gasteiger partial charge in [0, 0.05) is 30.0 Å². The van der Waals surface area contributed by atoms with E-state index in [9.17, 15) is 27.6 Å². The van der Waals surface area contributed by atoms with Crippen LogP contribution in [0.15, 0.2) is 72.8 Å². The number of alkyl halides is 3. The van der Waals surface area contributed by atoms with Crippen LogP contribution in [-0.2, 0) is 16.0 Å². The fourth-order valence-corrected chi connectivity index (χ4v) is 4.84. The number of nitrogens with zero attached hydrogens (tertiary/aromatic N) is 1. The molecule has 3 amide bonds. The van der Waals surface area contributed by atoms with E-state index in [4.69, 9.17) is 0 Å². The van der Waals surface area contributed by atoms with Crippen molar-refractivity contribution in [3.63, 3.8) is 0 Å². The summed E-state index contributed by atoms with van der Waals surface area (Å²) in [5, 5.41) is 5.40. The third-order valence-corrected chi connectivity index (χ3v) is 7.32. The number of methoxy groups -OCH3 is 1. The molecule has 0 bridgehead atoms. The molecular weight excluding hydrogens is 535 g/mol. The fourth-order valence-electron chi connectivity index (χ4n) is 4.84. The number of piperidine rings is 1. The summed E-state index contributed by atoms with van der Waals surface area (Å²) in [6.45, 7) is 2.30. The lowest BCUT2D eigenvalue weighted by molar-refractivity contribution is -0.146. The highest BCUT2D eigenvalue weighted by Crippen LogP contribution is 2.34. The van der Waals surface area contributed by atoms with E-state index in [1.807, 2.05) is 24.3 Å². The number of hydrogen-bond donors (Lipinski definition) is 2. The molecular formula is C31H32F3N3O4. The Hall–Kier alpha value is -4.34. The van der Waals surface area contributed by atoms with Crippen LogP contribution in [-0.4, -0.2) is 49.2 Å². The lowest BCUT2D eigenvalue weighted by Crippen LogP contribution is -2.37. The van der Waals surface area contributed by atoms with Crippen molar-refractivity contribution < 1.29 is 32.3 Å². The molecule has 41 heavy (non-hydrogen) atoms. The van der Waals surface area contributed by atoms with Crippen molar-refractivity contribution in [3.8, 4) is 0 Å². The van der Waals surface area contributed by atoms with E-state index in [0.29, 0.717) is 35.6 Å². The number of nitrogens with one attached hydrogen (secondary N) is 2. The third-order valence-electron chi connectivity index (χ3n) is 7.32. The normalized spacial score (nSPS) is 14.7. The molecule has 1 aliphatic rings. The Morgan fingerprint density at radius 3 is 2.20 bits per heavy atom. The Bertz CT molecular complexity index is 1370. The number of anilines is 2. The predicted octanol–water partition coefficient (Wildman–Crippen LogP) is 6.73. The quantitative estimate of drug-likeness (QED) is 0.331. The van der Waals surface area contributed by atoms with E-state index in [1.54, 1.807) is 41.3 Å². The fraction of sp³-hybridized carbons (Fsp3) is 0.323. The Morgan fingerprint density at radius 1 is 0.927 bits per heavy atom. The molecule has 7 nitrogen and oxygen atoms in total. The van der Waals surface area contributed by atoms with Crippen molar-refractivity contribution in [2.45, 2.75) is 44.2 Å². The van der Waals surface area contributed by atoms with E-state index >= 15 is 0 Å². The van der Waals surface area contributed by atoms with Gasteiger partial charge in [-0.05, 0) is 72.7 Å². The average molecular weight is 568 g/mol. The van der Waals surface area contributed by atoms with Crippen molar-refractivity contribution in [2.75, 3.05) is 30.8 Å². The number of ether oxygens (including phenoxy) is 1. The van der Waals surface area contributed by atoms with Gasteiger partial charge in [-0.3, -0.25) is 14.9 Å². The van der Waals surface area contributed by atoms with E-state index < -0.39 is 18.2 Å². The lowest BCUT2D eigenvalue weighted by atomic mass is 9.89. The monoisotopic (exact) mass is 567 g/mol. The van der Waals surface area contributed by atoms with Crippen LogP contribution >= 0.6 is 0 Å². The van der Waals surface area contributed by atoms with Gasteiger partial charge < -0.3 is 15.0 Å². The highest BCUT2D eigenvalue weighted by molar-refractivity contribution is 5.96. The largest absolute Gasteiger partial charge is 0.453 e. The van der Waals surface area contributed by atoms with Crippen LogP contribution in [0.5, 0.6) is 0 Å². The van der Waals surface area contributed by atoms with Crippen LogP contribution in [0.2, 0.25) is 0 Å². The van der Waals surface area contributed by atoms with Gasteiger partial charge in [-0.2, -0.15) is 13.2 Å². The molecule has 1 aliphatic heterocycles. The van der Waals surface area contributed by atoms with Crippen LogP contribution in [0.25, 0.3) is 0 Å². The minimum Gasteiger partial charge on any atom is -0.453 e. The van der Waals surface area contributed by atoms with Crippen LogP contribution in [0.1, 0.15) is 58.6 Å². The van der Waals surface area contributed by atoms with E-state index in [1.165, 1.54) is 19.2 Å². The van der Waals surface area contributed by atoms with Crippen LogP contribution in [0.4, 0.5) is 29.3 Å². The summed E-state index contributed by atoms with van der Waals surface area (Å²) in [6.07, 6.45) is -3.27. The molecule has 0 aromatic heterocycles. The zero-order valence-corrected chi connectivity index (χ0v) is 22.8. The van der Waals surface area contributed by atoms with Crippen LogP contribution in [0, 0.1) is 0 Å². The van der Waals surface area contributed by atoms with Crippen molar-refractivity contribution in [3.05, 3.63) is 95.1 Å². The van der Waals surface area contributed by atoms with Gasteiger partial charge in [0.2, 0.25) is 5.91 Å². The summed E-state index contributed by atoms with van der Waals surface area (Å²) in [7, 11) is 1.27. The zero-order valence-electron chi connectivity index (χ0n) is 22.8. The number of halogens is 3. The second-order valence-electron chi connectivity index (χ2n) is 10.1. The minimum absolute atomic E-state index is 0.0522. The summed E-state index contributed by atoms with van der Waals surface area (Å²) < 4.78 is 43.3. The molecule has 2 N–H and O–H groups in total. The van der Waals surface area contributed by atoms with Crippen molar-refractivity contribution in [1.29, 1.82) is 0 Å². The first-order chi connectivity index (χ1) is 19.5. The zero-order chi connectivity index (χ0) is 29.6. The Balaban J connectivity index is 1.27. The molecule has 216 valence electrons. The number of carbonyl (C=O) groups excluding carboxylic acids is 3. The highest BCUT2D eigenvalue weighted by atomic mass is 19.4. The molecule has 3 aromatic carbocycles. The predicted molar refractivity (Wildman–Crippen MR) is 150 cm³/mol. The van der Waals surface area contributed by atoms with Gasteiger partial charge in [-0.15, -0.1) is 0 Å². The highest BCUT2D eigenvalue weighted by Gasteiger charge is 2.36. The molecule has 1 saturated heterocycles. The topological polar surface area (TPSA) is 87.7 Å². The Kier molecular flexibility index (Phi) is 9.31.